The van der Waals surface area contributed by atoms with E-state index in [9.17, 15) is 0 Å². The molecule has 0 radical (unpaired) electrons. The van der Waals surface area contributed by atoms with Gasteiger partial charge in [-0.25, -0.2) is 0 Å². The lowest BCUT2D eigenvalue weighted by Gasteiger charge is -2.36. The van der Waals surface area contributed by atoms with Gasteiger partial charge in [0.25, 0.3) is 0 Å². The predicted octanol–water partition coefficient (Wildman–Crippen LogP) is 5.00. The Balaban J connectivity index is 1.96. The molecule has 1 N–H and O–H groups in total. The highest BCUT2D eigenvalue weighted by molar-refractivity contribution is 7.10. The van der Waals surface area contributed by atoms with Crippen LogP contribution in [-0.4, -0.2) is 6.04 Å². The van der Waals surface area contributed by atoms with E-state index < -0.39 is 0 Å². The fourth-order valence-corrected chi connectivity index (χ4v) is 4.08. The lowest BCUT2D eigenvalue weighted by atomic mass is 9.79. The summed E-state index contributed by atoms with van der Waals surface area (Å²) in [6, 6.07) is 5.76. The Morgan fingerprint density at radius 2 is 2.22 bits per heavy atom. The van der Waals surface area contributed by atoms with Gasteiger partial charge in [-0.05, 0) is 49.0 Å². The molecular formula is C16H27NS. The van der Waals surface area contributed by atoms with Crippen LogP contribution in [0.4, 0.5) is 0 Å². The highest BCUT2D eigenvalue weighted by Crippen LogP contribution is 2.32. The normalized spacial score (nSPS) is 30.3. The van der Waals surface area contributed by atoms with Crippen molar-refractivity contribution in [3.8, 4) is 0 Å². The molecule has 1 nitrogen and oxygen atoms in total. The SMILES string of the molecule is CCCC(NC1CCC(C)CC1C)c1cccs1. The molecule has 1 aromatic rings. The third-order valence-corrected chi connectivity index (χ3v) is 5.30. The average Bonchev–Trinajstić information content (AvgIpc) is 2.85. The van der Waals surface area contributed by atoms with Crippen molar-refractivity contribution in [1.29, 1.82) is 0 Å². The first-order valence-electron chi connectivity index (χ1n) is 7.50. The molecule has 4 unspecified atom stereocenters. The lowest BCUT2D eigenvalue weighted by Crippen LogP contribution is -2.40. The van der Waals surface area contributed by atoms with E-state index in [-0.39, 0.29) is 0 Å². The van der Waals surface area contributed by atoms with Crippen molar-refractivity contribution < 1.29 is 0 Å². The van der Waals surface area contributed by atoms with E-state index in [1.807, 2.05) is 11.3 Å². The third-order valence-electron chi connectivity index (χ3n) is 4.31. The van der Waals surface area contributed by atoms with Crippen LogP contribution < -0.4 is 5.32 Å². The molecule has 1 aromatic heterocycles. The van der Waals surface area contributed by atoms with Crippen LogP contribution in [0.5, 0.6) is 0 Å². The second-order valence-electron chi connectivity index (χ2n) is 6.03. The molecule has 1 fully saturated rings. The summed E-state index contributed by atoms with van der Waals surface area (Å²) in [5, 5.41) is 6.14. The maximum Gasteiger partial charge on any atom is 0.0416 e. The zero-order valence-electron chi connectivity index (χ0n) is 12.0. The van der Waals surface area contributed by atoms with Gasteiger partial charge in [0.1, 0.15) is 0 Å². The summed E-state index contributed by atoms with van der Waals surface area (Å²) in [4.78, 5) is 1.52. The van der Waals surface area contributed by atoms with Crippen LogP contribution in [0.25, 0.3) is 0 Å². The Hall–Kier alpha value is -0.340. The van der Waals surface area contributed by atoms with Crippen LogP contribution in [0, 0.1) is 11.8 Å². The Kier molecular flexibility index (Phi) is 5.25. The van der Waals surface area contributed by atoms with Crippen LogP contribution in [0.2, 0.25) is 0 Å². The molecule has 1 aliphatic rings. The topological polar surface area (TPSA) is 12.0 Å². The van der Waals surface area contributed by atoms with E-state index in [4.69, 9.17) is 0 Å². The van der Waals surface area contributed by atoms with Crippen LogP contribution in [0.15, 0.2) is 17.5 Å². The molecule has 0 saturated heterocycles. The van der Waals surface area contributed by atoms with Crippen molar-refractivity contribution in [1.82, 2.24) is 5.32 Å². The van der Waals surface area contributed by atoms with Gasteiger partial charge in [0.15, 0.2) is 0 Å². The minimum absolute atomic E-state index is 0.579. The molecule has 0 amide bonds. The van der Waals surface area contributed by atoms with Crippen LogP contribution in [0.1, 0.15) is 63.8 Å². The second kappa shape index (κ2) is 6.72. The first kappa shape index (κ1) is 14.1. The van der Waals surface area contributed by atoms with Crippen molar-refractivity contribution in [3.63, 3.8) is 0 Å². The molecule has 102 valence electrons. The van der Waals surface area contributed by atoms with Crippen molar-refractivity contribution in [3.05, 3.63) is 22.4 Å². The van der Waals surface area contributed by atoms with Gasteiger partial charge in [-0.15, -0.1) is 11.3 Å². The smallest absolute Gasteiger partial charge is 0.0416 e. The van der Waals surface area contributed by atoms with Crippen LogP contribution in [-0.2, 0) is 0 Å². The number of nitrogens with one attached hydrogen (secondary N) is 1. The van der Waals surface area contributed by atoms with Gasteiger partial charge >= 0.3 is 0 Å². The molecule has 1 saturated carbocycles. The third kappa shape index (κ3) is 3.58. The first-order valence-corrected chi connectivity index (χ1v) is 8.38. The first-order chi connectivity index (χ1) is 8.70. The summed E-state index contributed by atoms with van der Waals surface area (Å²) in [5.74, 6) is 1.75. The van der Waals surface area contributed by atoms with Crippen molar-refractivity contribution in [2.75, 3.05) is 0 Å². The van der Waals surface area contributed by atoms with E-state index in [1.165, 1.54) is 37.0 Å². The summed E-state index contributed by atoms with van der Waals surface area (Å²) in [5.41, 5.74) is 0. The minimum Gasteiger partial charge on any atom is -0.306 e. The summed E-state index contributed by atoms with van der Waals surface area (Å²) >= 11 is 1.90. The van der Waals surface area contributed by atoms with Crippen LogP contribution >= 0.6 is 11.3 Å². The molecule has 2 rings (SSSR count). The molecule has 0 aliphatic heterocycles. The van der Waals surface area contributed by atoms with Gasteiger partial charge in [0.2, 0.25) is 0 Å². The number of hydrogen-bond donors (Lipinski definition) is 1. The Morgan fingerprint density at radius 3 is 2.83 bits per heavy atom. The number of hydrogen-bond acceptors (Lipinski definition) is 2. The molecule has 0 spiro atoms. The number of rotatable bonds is 5. The lowest BCUT2D eigenvalue weighted by molar-refractivity contribution is 0.211. The van der Waals surface area contributed by atoms with E-state index >= 15 is 0 Å². The van der Waals surface area contributed by atoms with Crippen LogP contribution in [0.3, 0.4) is 0 Å². The zero-order chi connectivity index (χ0) is 13.0. The average molecular weight is 265 g/mol. The molecule has 0 bridgehead atoms. The maximum absolute atomic E-state index is 3.94. The molecule has 1 heterocycles. The van der Waals surface area contributed by atoms with Gasteiger partial charge in [-0.3, -0.25) is 0 Å². The molecule has 18 heavy (non-hydrogen) atoms. The van der Waals surface area contributed by atoms with Crippen molar-refractivity contribution >= 4 is 11.3 Å². The van der Waals surface area contributed by atoms with E-state index in [0.717, 1.165) is 17.9 Å². The van der Waals surface area contributed by atoms with Gasteiger partial charge in [-0.1, -0.05) is 33.3 Å². The summed E-state index contributed by atoms with van der Waals surface area (Å²) in [6.07, 6.45) is 6.66. The van der Waals surface area contributed by atoms with Crippen molar-refractivity contribution in [2.45, 2.75) is 65.0 Å². The van der Waals surface area contributed by atoms with Gasteiger partial charge in [-0.2, -0.15) is 0 Å². The summed E-state index contributed by atoms with van der Waals surface area (Å²) in [6.45, 7) is 7.11. The number of thiophene rings is 1. The largest absolute Gasteiger partial charge is 0.306 e. The molecule has 1 aliphatic carbocycles. The molecular weight excluding hydrogens is 238 g/mol. The maximum atomic E-state index is 3.94. The minimum atomic E-state index is 0.579. The standard InChI is InChI=1S/C16H27NS/c1-4-6-15(16-7-5-10-18-16)17-14-9-8-12(2)11-13(14)3/h5,7,10,12-15,17H,4,6,8-9,11H2,1-3H3. The molecule has 2 heteroatoms. The summed E-state index contributed by atoms with van der Waals surface area (Å²) < 4.78 is 0. The fraction of sp³-hybridized carbons (Fsp3) is 0.750. The summed E-state index contributed by atoms with van der Waals surface area (Å²) in [7, 11) is 0. The molecule has 0 aromatic carbocycles. The van der Waals surface area contributed by atoms with Gasteiger partial charge in [0, 0.05) is 17.0 Å². The van der Waals surface area contributed by atoms with E-state index in [0.29, 0.717) is 6.04 Å². The monoisotopic (exact) mass is 265 g/mol. The predicted molar refractivity (Wildman–Crippen MR) is 81.1 cm³/mol. The fourth-order valence-electron chi connectivity index (χ4n) is 3.26. The van der Waals surface area contributed by atoms with Gasteiger partial charge in [0.05, 0.1) is 0 Å². The highest BCUT2D eigenvalue weighted by atomic mass is 32.1. The van der Waals surface area contributed by atoms with Gasteiger partial charge < -0.3 is 5.32 Å². The zero-order valence-corrected chi connectivity index (χ0v) is 12.8. The Bertz CT molecular complexity index is 333. The second-order valence-corrected chi connectivity index (χ2v) is 7.00. The quantitative estimate of drug-likeness (QED) is 0.789. The molecule has 4 atom stereocenters. The Labute approximate surface area is 116 Å². The highest BCUT2D eigenvalue weighted by Gasteiger charge is 2.27. The van der Waals surface area contributed by atoms with E-state index in [2.05, 4.69) is 43.6 Å². The van der Waals surface area contributed by atoms with E-state index in [1.54, 1.807) is 0 Å². The van der Waals surface area contributed by atoms with Crippen molar-refractivity contribution in [2.24, 2.45) is 11.8 Å². The Morgan fingerprint density at radius 1 is 1.39 bits per heavy atom.